The number of carbonyl (C=O) groups excluding carboxylic acids is 1. The standard InChI is InChI=1S/C42H62O16/c1-37(2)21-8-11-42(7)31(20(43)16-18-19-17-39(4,36(53)54)13-12-38(19,3)14-15-41(18,42)6)40(21,5)10-9-22(37)55-35-30(26(47)25(46)29(57-35)33(51)52)58-34-27(48)23(44)24(45)28(56-34)32(49)50/h16,19,21-31,34-35,44-48H,8-15,17H2,1-7H3,(H,49,50)(H,51,52)(H,53,54)/t19-,21-,22?,23?,24?,25?,26?,27?,28?,29?,30?,31+,34-,35+,38-,39-,40-,41-,42-/m0/s1. The van der Waals surface area contributed by atoms with Crippen LogP contribution in [0, 0.1) is 50.2 Å². The van der Waals surface area contributed by atoms with Gasteiger partial charge in [0.2, 0.25) is 0 Å². The molecule has 8 N–H and O–H groups in total. The number of aliphatic hydroxyl groups excluding tert-OH is 5. The van der Waals surface area contributed by atoms with Crippen molar-refractivity contribution in [1.82, 2.24) is 0 Å². The molecule has 0 bridgehead atoms. The summed E-state index contributed by atoms with van der Waals surface area (Å²) in [7, 11) is 0. The van der Waals surface area contributed by atoms with Crippen LogP contribution in [0.1, 0.15) is 106 Å². The van der Waals surface area contributed by atoms with Crippen molar-refractivity contribution in [2.45, 2.75) is 174 Å². The van der Waals surface area contributed by atoms with Gasteiger partial charge < -0.3 is 59.8 Å². The van der Waals surface area contributed by atoms with Crippen LogP contribution >= 0.6 is 0 Å². The average Bonchev–Trinajstić information content (AvgIpc) is 3.13. The molecule has 4 saturated carbocycles. The van der Waals surface area contributed by atoms with Gasteiger partial charge in [0.25, 0.3) is 0 Å². The molecule has 0 aromatic carbocycles. The Kier molecular flexibility index (Phi) is 10.7. The highest BCUT2D eigenvalue weighted by Crippen LogP contribution is 2.75. The zero-order valence-electron chi connectivity index (χ0n) is 34.4. The van der Waals surface area contributed by atoms with E-state index in [1.165, 1.54) is 0 Å². The molecule has 2 aliphatic heterocycles. The molecule has 2 saturated heterocycles. The van der Waals surface area contributed by atoms with Gasteiger partial charge in [-0.25, -0.2) is 9.59 Å². The van der Waals surface area contributed by atoms with E-state index in [1.54, 1.807) is 0 Å². The zero-order chi connectivity index (χ0) is 42.9. The smallest absolute Gasteiger partial charge is 0.335 e. The number of carbonyl (C=O) groups is 4. The molecule has 16 nitrogen and oxygen atoms in total. The van der Waals surface area contributed by atoms with E-state index in [4.69, 9.17) is 18.9 Å². The summed E-state index contributed by atoms with van der Waals surface area (Å²) in [4.78, 5) is 51.3. The Morgan fingerprint density at radius 1 is 0.690 bits per heavy atom. The van der Waals surface area contributed by atoms with Crippen LogP contribution in [0.5, 0.6) is 0 Å². The van der Waals surface area contributed by atoms with Gasteiger partial charge in [0.15, 0.2) is 30.6 Å². The number of aliphatic carboxylic acids is 3. The number of fused-ring (bicyclic) bond motifs is 7. The van der Waals surface area contributed by atoms with Crippen LogP contribution in [0.2, 0.25) is 0 Å². The summed E-state index contributed by atoms with van der Waals surface area (Å²) in [6, 6.07) is 0. The number of hydrogen-bond acceptors (Lipinski definition) is 13. The molecule has 0 aromatic heterocycles. The maximum atomic E-state index is 14.8. The largest absolute Gasteiger partial charge is 0.481 e. The minimum absolute atomic E-state index is 0.0217. The molecule has 7 aliphatic rings. The van der Waals surface area contributed by atoms with Gasteiger partial charge >= 0.3 is 17.9 Å². The zero-order valence-corrected chi connectivity index (χ0v) is 34.4. The summed E-state index contributed by atoms with van der Waals surface area (Å²) in [5.74, 6) is -4.47. The third kappa shape index (κ3) is 6.25. The van der Waals surface area contributed by atoms with Crippen LogP contribution in [0.3, 0.4) is 0 Å². The van der Waals surface area contributed by atoms with Crippen molar-refractivity contribution >= 4 is 23.7 Å². The number of allylic oxidation sites excluding steroid dienone is 2. The van der Waals surface area contributed by atoms with Crippen LogP contribution < -0.4 is 0 Å². The predicted octanol–water partition coefficient (Wildman–Crippen LogP) is 2.25. The van der Waals surface area contributed by atoms with Gasteiger partial charge in [-0.3, -0.25) is 9.59 Å². The van der Waals surface area contributed by atoms with Gasteiger partial charge in [-0.05, 0) is 110 Å². The minimum atomic E-state index is -2.05. The van der Waals surface area contributed by atoms with E-state index in [-0.39, 0.29) is 34.4 Å². The van der Waals surface area contributed by atoms with E-state index >= 15 is 0 Å². The number of carboxylic acid groups (broad SMARTS) is 3. The summed E-state index contributed by atoms with van der Waals surface area (Å²) in [5, 5.41) is 83.0. The first-order chi connectivity index (χ1) is 26.8. The van der Waals surface area contributed by atoms with Gasteiger partial charge in [0, 0.05) is 5.92 Å². The fourth-order valence-corrected chi connectivity index (χ4v) is 13.4. The van der Waals surface area contributed by atoms with E-state index in [0.717, 1.165) is 37.7 Å². The minimum Gasteiger partial charge on any atom is -0.481 e. The van der Waals surface area contributed by atoms with Crippen molar-refractivity contribution in [3.05, 3.63) is 11.6 Å². The van der Waals surface area contributed by atoms with Crippen molar-refractivity contribution < 1.29 is 79.0 Å². The van der Waals surface area contributed by atoms with Crippen LogP contribution in [0.25, 0.3) is 0 Å². The van der Waals surface area contributed by atoms with Gasteiger partial charge in [-0.1, -0.05) is 47.1 Å². The first-order valence-corrected chi connectivity index (χ1v) is 20.7. The van der Waals surface area contributed by atoms with E-state index < -0.39 is 107 Å². The highest BCUT2D eigenvalue weighted by atomic mass is 16.8. The maximum absolute atomic E-state index is 14.8. The first-order valence-electron chi connectivity index (χ1n) is 20.7. The van der Waals surface area contributed by atoms with E-state index in [2.05, 4.69) is 27.7 Å². The SMILES string of the molecule is CC1(C)C(O[C@@H]2OC(C(=O)O)C(O)C(O)C2O[C@@H]2OC(C(=O)O)C(O)C(O)C2O)CC[C@]2(C)[C@H]3C(=O)C=C4[C@@H]5C[C@@](C)(C(=O)O)CC[C@@]5(C)CC[C@]4(C)[C@@]3(C)CC[C@@H]12. The lowest BCUT2D eigenvalue weighted by atomic mass is 9.33. The fraction of sp³-hybridized carbons (Fsp3) is 0.857. The van der Waals surface area contributed by atoms with Crippen molar-refractivity contribution in [2.75, 3.05) is 0 Å². The number of carboxylic acids is 3. The number of rotatable bonds is 7. The summed E-state index contributed by atoms with van der Waals surface area (Å²) in [6.07, 6.45) is -12.2. The molecule has 58 heavy (non-hydrogen) atoms. The fourth-order valence-electron chi connectivity index (χ4n) is 13.4. The molecular weight excluding hydrogens is 760 g/mol. The number of hydrogen-bond donors (Lipinski definition) is 8. The lowest BCUT2D eigenvalue weighted by molar-refractivity contribution is -0.371. The Bertz CT molecular complexity index is 1730. The molecular formula is C42H62O16. The molecule has 0 spiro atoms. The highest BCUT2D eigenvalue weighted by Gasteiger charge is 2.71. The topological polar surface area (TPSA) is 267 Å². The van der Waals surface area contributed by atoms with Crippen molar-refractivity contribution in [3.8, 4) is 0 Å². The number of ether oxygens (including phenoxy) is 4. The summed E-state index contributed by atoms with van der Waals surface area (Å²) in [6.45, 7) is 14.8. The first kappa shape index (κ1) is 43.5. The second-order valence-corrected chi connectivity index (χ2v) is 20.6. The van der Waals surface area contributed by atoms with Gasteiger partial charge in [0.05, 0.1) is 11.5 Å². The summed E-state index contributed by atoms with van der Waals surface area (Å²) in [5.41, 5.74) is -1.81. The van der Waals surface area contributed by atoms with E-state index in [0.29, 0.717) is 25.7 Å². The predicted molar refractivity (Wildman–Crippen MR) is 199 cm³/mol. The molecule has 0 amide bonds. The van der Waals surface area contributed by atoms with Crippen LogP contribution in [0.15, 0.2) is 11.6 Å². The lowest BCUT2D eigenvalue weighted by Crippen LogP contribution is -2.68. The highest BCUT2D eigenvalue weighted by molar-refractivity contribution is 5.95. The van der Waals surface area contributed by atoms with Crippen LogP contribution in [-0.4, -0.2) is 132 Å². The molecule has 6 fully saturated rings. The Morgan fingerprint density at radius 3 is 1.88 bits per heavy atom. The van der Waals surface area contributed by atoms with Crippen molar-refractivity contribution in [2.24, 2.45) is 50.2 Å². The average molecular weight is 823 g/mol. The van der Waals surface area contributed by atoms with Crippen LogP contribution in [0.4, 0.5) is 0 Å². The number of aliphatic hydroxyl groups is 5. The maximum Gasteiger partial charge on any atom is 0.335 e. The normalized spacial score (nSPS) is 52.6. The molecule has 19 atom stereocenters. The van der Waals surface area contributed by atoms with Crippen molar-refractivity contribution in [1.29, 1.82) is 0 Å². The van der Waals surface area contributed by atoms with E-state index in [1.807, 2.05) is 26.8 Å². The second-order valence-electron chi connectivity index (χ2n) is 20.6. The third-order valence-corrected chi connectivity index (χ3v) is 17.2. The third-order valence-electron chi connectivity index (χ3n) is 17.2. The molecule has 2 heterocycles. The van der Waals surface area contributed by atoms with Crippen LogP contribution in [-0.2, 0) is 38.1 Å². The quantitative estimate of drug-likeness (QED) is 0.171. The lowest BCUT2D eigenvalue weighted by Gasteiger charge is -2.70. The molecule has 0 radical (unpaired) electrons. The Hall–Kier alpha value is -2.54. The van der Waals surface area contributed by atoms with Gasteiger partial charge in [0.1, 0.15) is 36.6 Å². The molecule has 0 aromatic rings. The second kappa shape index (κ2) is 14.3. The monoisotopic (exact) mass is 822 g/mol. The van der Waals surface area contributed by atoms with Crippen molar-refractivity contribution in [3.63, 3.8) is 0 Å². The molecule has 16 heteroatoms. The Morgan fingerprint density at radius 2 is 1.28 bits per heavy atom. The molecule has 7 rings (SSSR count). The van der Waals surface area contributed by atoms with Gasteiger partial charge in [-0.15, -0.1) is 0 Å². The summed E-state index contributed by atoms with van der Waals surface area (Å²) < 4.78 is 23.4. The molecule has 9 unspecified atom stereocenters. The Balaban J connectivity index is 1.17. The number of ketones is 1. The Labute approximate surface area is 337 Å². The molecule has 5 aliphatic carbocycles. The van der Waals surface area contributed by atoms with Gasteiger partial charge in [-0.2, -0.15) is 0 Å². The van der Waals surface area contributed by atoms with E-state index in [9.17, 15) is 60.0 Å². The summed E-state index contributed by atoms with van der Waals surface area (Å²) >= 11 is 0. The molecule has 326 valence electrons.